The van der Waals surface area contributed by atoms with Gasteiger partial charge in [-0.2, -0.15) is 0 Å². The van der Waals surface area contributed by atoms with Crippen LogP contribution in [-0.2, 0) is 9.59 Å². The number of hydrogen-bond acceptors (Lipinski definition) is 4. The first-order valence-corrected chi connectivity index (χ1v) is 2.84. The van der Waals surface area contributed by atoms with Crippen molar-refractivity contribution in [2.75, 3.05) is 6.54 Å². The van der Waals surface area contributed by atoms with E-state index in [4.69, 9.17) is 21.1 Å². The standard InChI is InChI=1S/C5H9NO5/c6-1-2(4(8)9)3(7)5(10)11/h2-3,7H,1,6H2,(H,8,9)(H,10,11)/t2-,3-/m0/s1. The molecule has 0 aromatic carbocycles. The summed E-state index contributed by atoms with van der Waals surface area (Å²) in [4.78, 5) is 20.2. The Hall–Kier alpha value is -1.14. The lowest BCUT2D eigenvalue weighted by Gasteiger charge is -2.11. The second kappa shape index (κ2) is 3.89. The molecule has 0 aliphatic heterocycles. The maximum atomic E-state index is 10.2. The Morgan fingerprint density at radius 2 is 1.73 bits per heavy atom. The highest BCUT2D eigenvalue weighted by molar-refractivity contribution is 5.81. The minimum atomic E-state index is -1.93. The van der Waals surface area contributed by atoms with Gasteiger partial charge in [-0.3, -0.25) is 4.79 Å². The van der Waals surface area contributed by atoms with Gasteiger partial charge in [-0.15, -0.1) is 0 Å². The van der Waals surface area contributed by atoms with E-state index >= 15 is 0 Å². The topological polar surface area (TPSA) is 121 Å². The Bertz CT molecular complexity index is 168. The number of nitrogens with two attached hydrogens (primary N) is 1. The molecule has 2 atom stereocenters. The summed E-state index contributed by atoms with van der Waals surface area (Å²) < 4.78 is 0. The number of aliphatic hydroxyl groups is 1. The van der Waals surface area contributed by atoms with Crippen molar-refractivity contribution in [1.29, 1.82) is 0 Å². The summed E-state index contributed by atoms with van der Waals surface area (Å²) in [6.07, 6.45) is -1.93. The quantitative estimate of drug-likeness (QED) is 0.383. The van der Waals surface area contributed by atoms with Crippen LogP contribution in [0.3, 0.4) is 0 Å². The molecule has 0 bridgehead atoms. The summed E-state index contributed by atoms with van der Waals surface area (Å²) in [6, 6.07) is 0. The molecule has 5 N–H and O–H groups in total. The maximum Gasteiger partial charge on any atom is 0.333 e. The van der Waals surface area contributed by atoms with Gasteiger partial charge in [-0.25, -0.2) is 4.79 Å². The van der Waals surface area contributed by atoms with Crippen molar-refractivity contribution in [1.82, 2.24) is 0 Å². The van der Waals surface area contributed by atoms with E-state index in [1.807, 2.05) is 0 Å². The first kappa shape index (κ1) is 9.86. The molecule has 6 heteroatoms. The van der Waals surface area contributed by atoms with Crippen molar-refractivity contribution in [2.45, 2.75) is 6.10 Å². The zero-order valence-electron chi connectivity index (χ0n) is 5.60. The summed E-state index contributed by atoms with van der Waals surface area (Å²) in [6.45, 7) is -0.400. The molecule has 0 heterocycles. The molecule has 0 aromatic rings. The minimum absolute atomic E-state index is 0.400. The normalized spacial score (nSPS) is 15.5. The predicted molar refractivity (Wildman–Crippen MR) is 33.8 cm³/mol. The maximum absolute atomic E-state index is 10.2. The third kappa shape index (κ3) is 2.52. The Balaban J connectivity index is 4.25. The van der Waals surface area contributed by atoms with Crippen molar-refractivity contribution >= 4 is 11.9 Å². The molecule has 0 spiro atoms. The molecule has 0 aromatic heterocycles. The SMILES string of the molecule is NC[C@H](C(=O)O)[C@H](O)C(=O)O. The zero-order chi connectivity index (χ0) is 9.02. The Morgan fingerprint density at radius 3 is 1.82 bits per heavy atom. The molecule has 0 rings (SSSR count). The molecular formula is C5H9NO5. The van der Waals surface area contributed by atoms with E-state index in [9.17, 15) is 9.59 Å². The van der Waals surface area contributed by atoms with Gasteiger partial charge in [0.15, 0.2) is 6.10 Å². The van der Waals surface area contributed by atoms with Crippen LogP contribution in [0.2, 0.25) is 0 Å². The molecule has 0 aliphatic carbocycles. The second-order valence-corrected chi connectivity index (χ2v) is 1.96. The highest BCUT2D eigenvalue weighted by Gasteiger charge is 2.30. The smallest absolute Gasteiger partial charge is 0.333 e. The fourth-order valence-electron chi connectivity index (χ4n) is 0.537. The highest BCUT2D eigenvalue weighted by Crippen LogP contribution is 2.01. The number of aliphatic hydroxyl groups excluding tert-OH is 1. The van der Waals surface area contributed by atoms with Crippen LogP contribution in [-0.4, -0.2) is 39.9 Å². The molecule has 0 fully saturated rings. The van der Waals surface area contributed by atoms with E-state index in [1.165, 1.54) is 0 Å². The molecule has 6 nitrogen and oxygen atoms in total. The van der Waals surface area contributed by atoms with Crippen LogP contribution < -0.4 is 5.73 Å². The monoisotopic (exact) mass is 163 g/mol. The molecular weight excluding hydrogens is 154 g/mol. The van der Waals surface area contributed by atoms with Crippen LogP contribution >= 0.6 is 0 Å². The molecule has 0 saturated carbocycles. The lowest BCUT2D eigenvalue weighted by atomic mass is 10.0. The van der Waals surface area contributed by atoms with Crippen molar-refractivity contribution in [3.8, 4) is 0 Å². The Kier molecular flexibility index (Phi) is 3.49. The first-order valence-electron chi connectivity index (χ1n) is 2.84. The summed E-state index contributed by atoms with van der Waals surface area (Å²) in [7, 11) is 0. The van der Waals surface area contributed by atoms with E-state index in [2.05, 4.69) is 0 Å². The molecule has 0 radical (unpaired) electrons. The summed E-state index contributed by atoms with van der Waals surface area (Å²) in [5, 5.41) is 25.1. The van der Waals surface area contributed by atoms with Crippen molar-refractivity contribution in [2.24, 2.45) is 11.7 Å². The van der Waals surface area contributed by atoms with Crippen LogP contribution in [0.1, 0.15) is 0 Å². The Morgan fingerprint density at radius 1 is 1.27 bits per heavy atom. The van der Waals surface area contributed by atoms with Gasteiger partial charge in [0.25, 0.3) is 0 Å². The van der Waals surface area contributed by atoms with Crippen LogP contribution in [0, 0.1) is 5.92 Å². The highest BCUT2D eigenvalue weighted by atomic mass is 16.4. The van der Waals surface area contributed by atoms with E-state index in [1.54, 1.807) is 0 Å². The van der Waals surface area contributed by atoms with Crippen molar-refractivity contribution < 1.29 is 24.9 Å². The largest absolute Gasteiger partial charge is 0.481 e. The zero-order valence-corrected chi connectivity index (χ0v) is 5.60. The summed E-state index contributed by atoms with van der Waals surface area (Å²) in [5.74, 6) is -4.43. The lowest BCUT2D eigenvalue weighted by Crippen LogP contribution is -2.39. The third-order valence-corrected chi connectivity index (χ3v) is 1.21. The van der Waals surface area contributed by atoms with Gasteiger partial charge in [0.2, 0.25) is 0 Å². The molecule has 0 saturated heterocycles. The lowest BCUT2D eigenvalue weighted by molar-refractivity contribution is -0.158. The average Bonchev–Trinajstić information content (AvgIpc) is 1.88. The number of hydrogen-bond donors (Lipinski definition) is 4. The first-order chi connectivity index (χ1) is 5.00. The van der Waals surface area contributed by atoms with Gasteiger partial charge in [0.05, 0.1) is 0 Å². The number of carboxylic acids is 2. The van der Waals surface area contributed by atoms with Gasteiger partial charge in [-0.1, -0.05) is 0 Å². The summed E-state index contributed by atoms with van der Waals surface area (Å²) in [5.41, 5.74) is 4.91. The number of aliphatic carboxylic acids is 2. The van der Waals surface area contributed by atoms with Gasteiger partial charge >= 0.3 is 11.9 Å². The summed E-state index contributed by atoms with van der Waals surface area (Å²) >= 11 is 0. The number of carbonyl (C=O) groups is 2. The van der Waals surface area contributed by atoms with Crippen molar-refractivity contribution in [3.05, 3.63) is 0 Å². The molecule has 0 amide bonds. The van der Waals surface area contributed by atoms with Crippen LogP contribution in [0.4, 0.5) is 0 Å². The van der Waals surface area contributed by atoms with Gasteiger partial charge in [0, 0.05) is 6.54 Å². The van der Waals surface area contributed by atoms with E-state index in [0.717, 1.165) is 0 Å². The van der Waals surface area contributed by atoms with E-state index in [0.29, 0.717) is 0 Å². The number of rotatable bonds is 4. The van der Waals surface area contributed by atoms with E-state index < -0.39 is 30.5 Å². The van der Waals surface area contributed by atoms with Crippen LogP contribution in [0.15, 0.2) is 0 Å². The second-order valence-electron chi connectivity index (χ2n) is 1.96. The van der Waals surface area contributed by atoms with Gasteiger partial charge in [0.1, 0.15) is 5.92 Å². The molecule has 0 unspecified atom stereocenters. The fourth-order valence-corrected chi connectivity index (χ4v) is 0.537. The molecule has 11 heavy (non-hydrogen) atoms. The number of carboxylic acid groups (broad SMARTS) is 2. The van der Waals surface area contributed by atoms with Crippen molar-refractivity contribution in [3.63, 3.8) is 0 Å². The minimum Gasteiger partial charge on any atom is -0.481 e. The van der Waals surface area contributed by atoms with Crippen LogP contribution in [0.25, 0.3) is 0 Å². The molecule has 64 valence electrons. The molecule has 0 aliphatic rings. The van der Waals surface area contributed by atoms with Gasteiger partial charge < -0.3 is 21.1 Å². The van der Waals surface area contributed by atoms with E-state index in [-0.39, 0.29) is 0 Å². The van der Waals surface area contributed by atoms with Crippen LogP contribution in [0.5, 0.6) is 0 Å². The fraction of sp³-hybridized carbons (Fsp3) is 0.600. The third-order valence-electron chi connectivity index (χ3n) is 1.21. The van der Waals surface area contributed by atoms with Gasteiger partial charge in [-0.05, 0) is 0 Å². The predicted octanol–water partition coefficient (Wildman–Crippen LogP) is -1.91. The Labute approximate surface area is 62.2 Å². The average molecular weight is 163 g/mol.